The summed E-state index contributed by atoms with van der Waals surface area (Å²) in [6, 6.07) is 5.68. The molecule has 0 aliphatic rings. The molecular formula is C15H20O3. The van der Waals surface area contributed by atoms with Crippen molar-refractivity contribution in [1.82, 2.24) is 0 Å². The summed E-state index contributed by atoms with van der Waals surface area (Å²) in [5.74, 6) is 1.52. The van der Waals surface area contributed by atoms with Crippen molar-refractivity contribution in [2.24, 2.45) is 0 Å². The van der Waals surface area contributed by atoms with Crippen LogP contribution in [0, 0.1) is 0 Å². The SMILES string of the molecule is CCOc1ccc(/C=C(/C)C(C)=O)cc1OCC. The van der Waals surface area contributed by atoms with Gasteiger partial charge in [0.05, 0.1) is 13.2 Å². The van der Waals surface area contributed by atoms with Crippen LogP contribution < -0.4 is 9.47 Å². The molecule has 0 aromatic heterocycles. The Labute approximate surface area is 108 Å². The minimum Gasteiger partial charge on any atom is -0.490 e. The van der Waals surface area contributed by atoms with E-state index in [4.69, 9.17) is 9.47 Å². The number of rotatable bonds is 6. The Kier molecular flexibility index (Phi) is 5.43. The average Bonchev–Trinajstić information content (AvgIpc) is 2.33. The summed E-state index contributed by atoms with van der Waals surface area (Å²) in [6.07, 6.45) is 1.85. The highest BCUT2D eigenvalue weighted by molar-refractivity contribution is 5.97. The molecule has 0 saturated carbocycles. The van der Waals surface area contributed by atoms with Gasteiger partial charge in [0.2, 0.25) is 0 Å². The molecule has 0 N–H and O–H groups in total. The molecule has 1 aromatic rings. The molecule has 0 amide bonds. The van der Waals surface area contributed by atoms with Crippen LogP contribution in [0.25, 0.3) is 6.08 Å². The first kappa shape index (κ1) is 14.3. The van der Waals surface area contributed by atoms with Gasteiger partial charge in [-0.05, 0) is 57.0 Å². The van der Waals surface area contributed by atoms with E-state index in [-0.39, 0.29) is 5.78 Å². The van der Waals surface area contributed by atoms with Crippen LogP contribution >= 0.6 is 0 Å². The lowest BCUT2D eigenvalue weighted by molar-refractivity contribution is -0.113. The lowest BCUT2D eigenvalue weighted by Crippen LogP contribution is -1.98. The molecular weight excluding hydrogens is 228 g/mol. The van der Waals surface area contributed by atoms with Crippen LogP contribution in [0.1, 0.15) is 33.3 Å². The summed E-state index contributed by atoms with van der Waals surface area (Å²) in [4.78, 5) is 11.2. The molecule has 3 nitrogen and oxygen atoms in total. The number of carbonyl (C=O) groups is 1. The van der Waals surface area contributed by atoms with Gasteiger partial charge in [0.15, 0.2) is 17.3 Å². The maximum Gasteiger partial charge on any atom is 0.161 e. The number of ether oxygens (including phenoxy) is 2. The van der Waals surface area contributed by atoms with Gasteiger partial charge in [-0.15, -0.1) is 0 Å². The van der Waals surface area contributed by atoms with E-state index >= 15 is 0 Å². The fraction of sp³-hybridized carbons (Fsp3) is 0.400. The highest BCUT2D eigenvalue weighted by Gasteiger charge is 2.05. The predicted molar refractivity (Wildman–Crippen MR) is 73.1 cm³/mol. The van der Waals surface area contributed by atoms with Gasteiger partial charge < -0.3 is 9.47 Å². The Hall–Kier alpha value is -1.77. The van der Waals surface area contributed by atoms with E-state index in [1.807, 2.05) is 38.1 Å². The van der Waals surface area contributed by atoms with E-state index in [9.17, 15) is 4.79 Å². The zero-order valence-electron chi connectivity index (χ0n) is 11.4. The summed E-state index contributed by atoms with van der Waals surface area (Å²) >= 11 is 0. The molecule has 0 spiro atoms. The van der Waals surface area contributed by atoms with Gasteiger partial charge in [0, 0.05) is 0 Å². The van der Waals surface area contributed by atoms with Gasteiger partial charge in [-0.25, -0.2) is 0 Å². The van der Waals surface area contributed by atoms with Gasteiger partial charge in [-0.2, -0.15) is 0 Å². The number of Topliss-reactive ketones (excluding diaryl/α,β-unsaturated/α-hetero) is 1. The molecule has 0 heterocycles. The van der Waals surface area contributed by atoms with Crippen molar-refractivity contribution < 1.29 is 14.3 Å². The number of hydrogen-bond donors (Lipinski definition) is 0. The number of carbonyl (C=O) groups excluding carboxylic acids is 1. The minimum absolute atomic E-state index is 0.0712. The first-order chi connectivity index (χ1) is 8.58. The first-order valence-corrected chi connectivity index (χ1v) is 6.17. The predicted octanol–water partition coefficient (Wildman–Crippen LogP) is 3.48. The molecule has 0 aliphatic carbocycles. The van der Waals surface area contributed by atoms with Crippen molar-refractivity contribution in [2.45, 2.75) is 27.7 Å². The lowest BCUT2D eigenvalue weighted by Gasteiger charge is -2.11. The van der Waals surface area contributed by atoms with Crippen LogP contribution in [-0.4, -0.2) is 19.0 Å². The van der Waals surface area contributed by atoms with E-state index < -0.39 is 0 Å². The highest BCUT2D eigenvalue weighted by atomic mass is 16.5. The minimum atomic E-state index is 0.0712. The first-order valence-electron chi connectivity index (χ1n) is 6.17. The third kappa shape index (κ3) is 3.91. The van der Waals surface area contributed by atoms with E-state index in [1.165, 1.54) is 0 Å². The molecule has 18 heavy (non-hydrogen) atoms. The second-order valence-corrected chi connectivity index (χ2v) is 3.96. The molecule has 1 rings (SSSR count). The maximum absolute atomic E-state index is 11.2. The third-order valence-corrected chi connectivity index (χ3v) is 2.51. The molecule has 0 unspecified atom stereocenters. The van der Waals surface area contributed by atoms with E-state index in [0.29, 0.717) is 19.0 Å². The molecule has 0 fully saturated rings. The van der Waals surface area contributed by atoms with E-state index in [0.717, 1.165) is 16.9 Å². The van der Waals surface area contributed by atoms with Crippen LogP contribution in [-0.2, 0) is 4.79 Å². The van der Waals surface area contributed by atoms with Crippen LogP contribution in [0.3, 0.4) is 0 Å². The Bertz CT molecular complexity index is 447. The molecule has 0 radical (unpaired) electrons. The molecule has 3 heteroatoms. The maximum atomic E-state index is 11.2. The van der Waals surface area contributed by atoms with Crippen molar-refractivity contribution >= 4 is 11.9 Å². The lowest BCUT2D eigenvalue weighted by atomic mass is 10.1. The van der Waals surface area contributed by atoms with E-state index in [1.54, 1.807) is 13.8 Å². The molecule has 0 aliphatic heterocycles. The fourth-order valence-corrected chi connectivity index (χ4v) is 1.51. The number of allylic oxidation sites excluding steroid dienone is 1. The number of hydrogen-bond acceptors (Lipinski definition) is 3. The Morgan fingerprint density at radius 1 is 1.11 bits per heavy atom. The Balaban J connectivity index is 3.06. The largest absolute Gasteiger partial charge is 0.490 e. The molecule has 0 atom stereocenters. The van der Waals surface area contributed by atoms with Crippen molar-refractivity contribution in [3.05, 3.63) is 29.3 Å². The third-order valence-electron chi connectivity index (χ3n) is 2.51. The molecule has 0 bridgehead atoms. The second-order valence-electron chi connectivity index (χ2n) is 3.96. The van der Waals surface area contributed by atoms with Crippen LogP contribution in [0.5, 0.6) is 11.5 Å². The standard InChI is InChI=1S/C15H20O3/c1-5-17-14-8-7-13(9-11(3)12(4)16)10-15(14)18-6-2/h7-10H,5-6H2,1-4H3/b11-9-. The van der Waals surface area contributed by atoms with Crippen molar-refractivity contribution in [3.63, 3.8) is 0 Å². The monoisotopic (exact) mass is 248 g/mol. The summed E-state index contributed by atoms with van der Waals surface area (Å²) in [6.45, 7) is 8.41. The number of benzene rings is 1. The van der Waals surface area contributed by atoms with Crippen molar-refractivity contribution in [1.29, 1.82) is 0 Å². The average molecular weight is 248 g/mol. The zero-order valence-corrected chi connectivity index (χ0v) is 11.4. The fourth-order valence-electron chi connectivity index (χ4n) is 1.51. The van der Waals surface area contributed by atoms with Gasteiger partial charge in [-0.3, -0.25) is 4.79 Å². The molecule has 1 aromatic carbocycles. The van der Waals surface area contributed by atoms with Crippen LogP contribution in [0.15, 0.2) is 23.8 Å². The van der Waals surface area contributed by atoms with E-state index in [2.05, 4.69) is 0 Å². The smallest absolute Gasteiger partial charge is 0.161 e. The zero-order chi connectivity index (χ0) is 13.5. The molecule has 98 valence electrons. The summed E-state index contributed by atoms with van der Waals surface area (Å²) in [7, 11) is 0. The normalized spacial score (nSPS) is 11.2. The van der Waals surface area contributed by atoms with Crippen molar-refractivity contribution in [3.8, 4) is 11.5 Å². The van der Waals surface area contributed by atoms with Gasteiger partial charge in [0.1, 0.15) is 0 Å². The summed E-state index contributed by atoms with van der Waals surface area (Å²) in [5.41, 5.74) is 1.66. The second kappa shape index (κ2) is 6.84. The topological polar surface area (TPSA) is 35.5 Å². The van der Waals surface area contributed by atoms with Crippen molar-refractivity contribution in [2.75, 3.05) is 13.2 Å². The number of ketones is 1. The van der Waals surface area contributed by atoms with Gasteiger partial charge in [-0.1, -0.05) is 6.07 Å². The summed E-state index contributed by atoms with van der Waals surface area (Å²) in [5, 5.41) is 0. The molecule has 0 saturated heterocycles. The Morgan fingerprint density at radius 2 is 1.72 bits per heavy atom. The van der Waals surface area contributed by atoms with Gasteiger partial charge >= 0.3 is 0 Å². The highest BCUT2D eigenvalue weighted by Crippen LogP contribution is 2.29. The summed E-state index contributed by atoms with van der Waals surface area (Å²) < 4.78 is 11.0. The van der Waals surface area contributed by atoms with Gasteiger partial charge in [0.25, 0.3) is 0 Å². The van der Waals surface area contributed by atoms with Crippen LogP contribution in [0.2, 0.25) is 0 Å². The Morgan fingerprint density at radius 3 is 2.28 bits per heavy atom. The van der Waals surface area contributed by atoms with Crippen LogP contribution in [0.4, 0.5) is 0 Å². The quantitative estimate of drug-likeness (QED) is 0.723.